The minimum absolute atomic E-state index is 0.303. The number of rotatable bonds is 3. The first kappa shape index (κ1) is 9.26. The molecular weight excluding hydrogens is 173 g/mol. The minimum atomic E-state index is -0.303. The number of aromatic nitrogens is 1. The maximum Gasteiger partial charge on any atom is 0.142 e. The lowest BCUT2D eigenvalue weighted by Crippen LogP contribution is -1.79. The number of thiol groups is 1. The van der Waals surface area contributed by atoms with Gasteiger partial charge in [-0.2, -0.15) is 12.6 Å². The molecule has 0 spiro atoms. The summed E-state index contributed by atoms with van der Waals surface area (Å²) in [6.07, 6.45) is 7.49. The molecule has 1 nitrogen and oxygen atoms in total. The fourth-order valence-corrected chi connectivity index (χ4v) is 0.962. The maximum absolute atomic E-state index is 12.6. The van der Waals surface area contributed by atoms with E-state index in [1.807, 2.05) is 12.2 Å². The predicted octanol–water partition coefficient (Wildman–Crippen LogP) is 2.55. The van der Waals surface area contributed by atoms with Crippen LogP contribution in [0.5, 0.6) is 0 Å². The topological polar surface area (TPSA) is 12.9 Å². The van der Waals surface area contributed by atoms with E-state index in [-0.39, 0.29) is 5.82 Å². The highest BCUT2D eigenvalue weighted by molar-refractivity contribution is 7.80. The molecule has 0 radical (unpaired) electrons. The van der Waals surface area contributed by atoms with Gasteiger partial charge in [0, 0.05) is 6.20 Å². The zero-order chi connectivity index (χ0) is 8.81. The molecule has 0 N–H and O–H groups in total. The molecule has 0 saturated carbocycles. The molecule has 0 amide bonds. The fourth-order valence-electron chi connectivity index (χ4n) is 0.813. The van der Waals surface area contributed by atoms with Crippen LogP contribution >= 0.6 is 12.6 Å². The van der Waals surface area contributed by atoms with E-state index in [1.54, 1.807) is 6.20 Å². The van der Waals surface area contributed by atoms with Crippen LogP contribution < -0.4 is 0 Å². The first-order chi connectivity index (χ1) is 5.83. The number of pyridine rings is 1. The highest BCUT2D eigenvalue weighted by Gasteiger charge is 1.89. The molecule has 0 aliphatic heterocycles. The van der Waals surface area contributed by atoms with E-state index in [1.165, 1.54) is 12.3 Å². The molecule has 1 aromatic heterocycles. The number of hydrogen-bond acceptors (Lipinski definition) is 2. The first-order valence-corrected chi connectivity index (χ1v) is 4.34. The normalized spacial score (nSPS) is 10.8. The predicted molar refractivity (Wildman–Crippen MR) is 51.7 cm³/mol. The molecule has 0 fully saturated rings. The molecule has 1 aromatic rings. The standard InChI is InChI=1S/C9H10FNS/c10-9-5-8(6-11-7-9)3-1-2-4-12/h1,3,5-7,12H,2,4H2. The van der Waals surface area contributed by atoms with E-state index in [4.69, 9.17) is 0 Å². The lowest BCUT2D eigenvalue weighted by atomic mass is 10.2. The van der Waals surface area contributed by atoms with Crippen molar-refractivity contribution in [1.29, 1.82) is 0 Å². The average Bonchev–Trinajstić information content (AvgIpc) is 2.05. The van der Waals surface area contributed by atoms with Crippen molar-refractivity contribution in [2.24, 2.45) is 0 Å². The molecule has 0 saturated heterocycles. The van der Waals surface area contributed by atoms with Gasteiger partial charge in [0.25, 0.3) is 0 Å². The molecule has 64 valence electrons. The molecule has 12 heavy (non-hydrogen) atoms. The van der Waals surface area contributed by atoms with Crippen LogP contribution in [0.2, 0.25) is 0 Å². The zero-order valence-electron chi connectivity index (χ0n) is 6.57. The van der Waals surface area contributed by atoms with Crippen LogP contribution in [-0.2, 0) is 0 Å². The minimum Gasteiger partial charge on any atom is -0.261 e. The number of halogens is 1. The van der Waals surface area contributed by atoms with Crippen molar-refractivity contribution < 1.29 is 4.39 Å². The second-order valence-corrected chi connectivity index (χ2v) is 2.80. The molecule has 0 atom stereocenters. The quantitative estimate of drug-likeness (QED) is 0.710. The van der Waals surface area contributed by atoms with Crippen molar-refractivity contribution in [1.82, 2.24) is 4.98 Å². The van der Waals surface area contributed by atoms with Gasteiger partial charge in [-0.25, -0.2) is 4.39 Å². The summed E-state index contributed by atoms with van der Waals surface area (Å²) in [5, 5.41) is 0. The lowest BCUT2D eigenvalue weighted by molar-refractivity contribution is 0.621. The Kier molecular flexibility index (Phi) is 3.80. The van der Waals surface area contributed by atoms with Crippen LogP contribution in [0.15, 0.2) is 24.5 Å². The molecule has 0 aromatic carbocycles. The van der Waals surface area contributed by atoms with Gasteiger partial charge in [0.15, 0.2) is 0 Å². The Hall–Kier alpha value is -0.830. The summed E-state index contributed by atoms with van der Waals surface area (Å²) in [5.74, 6) is 0.502. The number of nitrogens with zero attached hydrogens (tertiary/aromatic N) is 1. The summed E-state index contributed by atoms with van der Waals surface area (Å²) in [7, 11) is 0. The Morgan fingerprint density at radius 2 is 2.33 bits per heavy atom. The van der Waals surface area contributed by atoms with Gasteiger partial charge in [0.2, 0.25) is 0 Å². The van der Waals surface area contributed by atoms with Crippen molar-refractivity contribution in [3.63, 3.8) is 0 Å². The van der Waals surface area contributed by atoms with Crippen molar-refractivity contribution in [3.8, 4) is 0 Å². The van der Waals surface area contributed by atoms with Crippen molar-refractivity contribution in [2.45, 2.75) is 6.42 Å². The highest BCUT2D eigenvalue weighted by Crippen LogP contribution is 2.03. The van der Waals surface area contributed by atoms with Crippen LogP contribution in [0.1, 0.15) is 12.0 Å². The second kappa shape index (κ2) is 4.93. The van der Waals surface area contributed by atoms with E-state index in [9.17, 15) is 4.39 Å². The van der Waals surface area contributed by atoms with Crippen LogP contribution in [0.3, 0.4) is 0 Å². The third kappa shape index (κ3) is 3.05. The van der Waals surface area contributed by atoms with Gasteiger partial charge in [-0.3, -0.25) is 4.98 Å². The number of hydrogen-bond donors (Lipinski definition) is 1. The maximum atomic E-state index is 12.6. The van der Waals surface area contributed by atoms with Crippen molar-refractivity contribution in [2.75, 3.05) is 5.75 Å². The zero-order valence-corrected chi connectivity index (χ0v) is 7.47. The summed E-state index contributed by atoms with van der Waals surface area (Å²) >= 11 is 4.05. The third-order valence-electron chi connectivity index (χ3n) is 1.33. The molecule has 0 bridgehead atoms. The van der Waals surface area contributed by atoms with Crippen LogP contribution in [-0.4, -0.2) is 10.7 Å². The van der Waals surface area contributed by atoms with Gasteiger partial charge < -0.3 is 0 Å². The summed E-state index contributed by atoms with van der Waals surface area (Å²) in [5.41, 5.74) is 0.789. The Bertz CT molecular complexity index is 273. The third-order valence-corrected chi connectivity index (χ3v) is 1.59. The van der Waals surface area contributed by atoms with Crippen LogP contribution in [0.25, 0.3) is 6.08 Å². The monoisotopic (exact) mass is 183 g/mol. The Labute approximate surface area is 76.7 Å². The van der Waals surface area contributed by atoms with Gasteiger partial charge in [0.1, 0.15) is 5.82 Å². The molecule has 0 aliphatic rings. The lowest BCUT2D eigenvalue weighted by Gasteiger charge is -1.91. The molecule has 1 rings (SSSR count). The average molecular weight is 183 g/mol. The van der Waals surface area contributed by atoms with E-state index < -0.39 is 0 Å². The molecule has 0 aliphatic carbocycles. The largest absolute Gasteiger partial charge is 0.261 e. The van der Waals surface area contributed by atoms with Gasteiger partial charge >= 0.3 is 0 Å². The SMILES string of the molecule is Fc1cncc(C=CCCS)c1. The van der Waals surface area contributed by atoms with Crippen LogP contribution in [0, 0.1) is 5.82 Å². The van der Waals surface area contributed by atoms with E-state index in [0.717, 1.165) is 17.7 Å². The second-order valence-electron chi connectivity index (χ2n) is 2.35. The first-order valence-electron chi connectivity index (χ1n) is 3.71. The molecule has 1 heterocycles. The molecule has 3 heteroatoms. The Morgan fingerprint density at radius 3 is 3.00 bits per heavy atom. The van der Waals surface area contributed by atoms with Gasteiger partial charge in [0.05, 0.1) is 6.20 Å². The molecule has 0 unspecified atom stereocenters. The summed E-state index contributed by atoms with van der Waals surface area (Å²) in [4.78, 5) is 3.72. The fraction of sp³-hybridized carbons (Fsp3) is 0.222. The van der Waals surface area contributed by atoms with Crippen molar-refractivity contribution in [3.05, 3.63) is 35.9 Å². The van der Waals surface area contributed by atoms with E-state index >= 15 is 0 Å². The summed E-state index contributed by atoms with van der Waals surface area (Å²) < 4.78 is 12.6. The van der Waals surface area contributed by atoms with Crippen LogP contribution in [0.4, 0.5) is 4.39 Å². The molecular formula is C9H10FNS. The van der Waals surface area contributed by atoms with Gasteiger partial charge in [-0.05, 0) is 23.8 Å². The van der Waals surface area contributed by atoms with E-state index in [0.29, 0.717) is 0 Å². The highest BCUT2D eigenvalue weighted by atomic mass is 32.1. The van der Waals surface area contributed by atoms with E-state index in [2.05, 4.69) is 17.6 Å². The smallest absolute Gasteiger partial charge is 0.142 e. The number of allylic oxidation sites excluding steroid dienone is 1. The van der Waals surface area contributed by atoms with Gasteiger partial charge in [-0.15, -0.1) is 0 Å². The Balaban J connectivity index is 2.63. The van der Waals surface area contributed by atoms with Crippen molar-refractivity contribution >= 4 is 18.7 Å². The summed E-state index contributed by atoms with van der Waals surface area (Å²) in [6.45, 7) is 0. The summed E-state index contributed by atoms with van der Waals surface area (Å²) in [6, 6.07) is 1.45. The van der Waals surface area contributed by atoms with Gasteiger partial charge in [-0.1, -0.05) is 12.2 Å². The Morgan fingerprint density at radius 1 is 1.50 bits per heavy atom.